The van der Waals surface area contributed by atoms with E-state index in [1.165, 1.54) is 38.9 Å². The van der Waals surface area contributed by atoms with Crippen molar-refractivity contribution in [1.29, 1.82) is 0 Å². The Balaban J connectivity index is 2.51. The molecule has 0 atom stereocenters. The summed E-state index contributed by atoms with van der Waals surface area (Å²) in [7, 11) is 1.77. The molecule has 1 aliphatic rings. The second kappa shape index (κ2) is 7.85. The lowest BCUT2D eigenvalue weighted by atomic mass is 9.76. The van der Waals surface area contributed by atoms with E-state index >= 15 is 0 Å². The number of piperidine rings is 1. The molecule has 1 rings (SSSR count). The molecule has 0 saturated carbocycles. The second-order valence-electron chi connectivity index (χ2n) is 5.12. The maximum absolute atomic E-state index is 5.19. The Kier molecular flexibility index (Phi) is 6.78. The third-order valence-electron chi connectivity index (χ3n) is 3.97. The van der Waals surface area contributed by atoms with Crippen LogP contribution in [0.25, 0.3) is 0 Å². The molecule has 3 nitrogen and oxygen atoms in total. The molecule has 0 radical (unpaired) electrons. The molecule has 1 heterocycles. The molecule has 0 aliphatic carbocycles. The lowest BCUT2D eigenvalue weighted by Crippen LogP contribution is -2.45. The SMILES string of the molecule is C=CCN(CCOC)CC1(CC)CCNCC1. The molecule has 100 valence electrons. The molecule has 1 N–H and O–H groups in total. The van der Waals surface area contributed by atoms with Crippen LogP contribution in [-0.4, -0.2) is 51.3 Å². The van der Waals surface area contributed by atoms with Crippen molar-refractivity contribution in [2.24, 2.45) is 5.41 Å². The fourth-order valence-electron chi connectivity index (χ4n) is 2.69. The molecule has 1 aliphatic heterocycles. The van der Waals surface area contributed by atoms with Crippen molar-refractivity contribution in [3.63, 3.8) is 0 Å². The average Bonchev–Trinajstić information content (AvgIpc) is 2.37. The molecular weight excluding hydrogens is 212 g/mol. The van der Waals surface area contributed by atoms with Crippen LogP contribution in [0.15, 0.2) is 12.7 Å². The molecule has 0 bridgehead atoms. The van der Waals surface area contributed by atoms with Gasteiger partial charge in [0.05, 0.1) is 6.61 Å². The van der Waals surface area contributed by atoms with Crippen molar-refractivity contribution < 1.29 is 4.74 Å². The van der Waals surface area contributed by atoms with Crippen LogP contribution in [0.3, 0.4) is 0 Å². The lowest BCUT2D eigenvalue weighted by molar-refractivity contribution is 0.0885. The molecule has 17 heavy (non-hydrogen) atoms. The van der Waals surface area contributed by atoms with Gasteiger partial charge in [0.2, 0.25) is 0 Å². The Bertz CT molecular complexity index is 212. The highest BCUT2D eigenvalue weighted by atomic mass is 16.5. The summed E-state index contributed by atoms with van der Waals surface area (Å²) in [6, 6.07) is 0. The second-order valence-corrected chi connectivity index (χ2v) is 5.12. The molecule has 0 aromatic carbocycles. The quantitative estimate of drug-likeness (QED) is 0.656. The van der Waals surface area contributed by atoms with E-state index in [9.17, 15) is 0 Å². The number of hydrogen-bond donors (Lipinski definition) is 1. The molecule has 1 fully saturated rings. The van der Waals surface area contributed by atoms with E-state index in [0.717, 1.165) is 19.7 Å². The first kappa shape index (κ1) is 14.7. The number of ether oxygens (including phenoxy) is 1. The first-order chi connectivity index (χ1) is 8.26. The highest BCUT2D eigenvalue weighted by molar-refractivity contribution is 4.88. The van der Waals surface area contributed by atoms with Gasteiger partial charge in [0.15, 0.2) is 0 Å². The molecular formula is C14H28N2O. The molecule has 0 aromatic rings. The van der Waals surface area contributed by atoms with Gasteiger partial charge < -0.3 is 10.1 Å². The Labute approximate surface area is 106 Å². The largest absolute Gasteiger partial charge is 0.383 e. The summed E-state index contributed by atoms with van der Waals surface area (Å²) in [6.07, 6.45) is 5.86. The minimum Gasteiger partial charge on any atom is -0.383 e. The molecule has 0 spiro atoms. The van der Waals surface area contributed by atoms with E-state index in [1.54, 1.807) is 7.11 Å². The van der Waals surface area contributed by atoms with Gasteiger partial charge in [-0.05, 0) is 37.8 Å². The summed E-state index contributed by atoms with van der Waals surface area (Å²) in [4.78, 5) is 2.48. The smallest absolute Gasteiger partial charge is 0.0589 e. The zero-order valence-corrected chi connectivity index (χ0v) is 11.5. The standard InChI is InChI=1S/C14H28N2O/c1-4-10-16(11-12-17-3)13-14(5-2)6-8-15-9-7-14/h4,15H,1,5-13H2,2-3H3. The average molecular weight is 240 g/mol. The van der Waals surface area contributed by atoms with Gasteiger partial charge in [0.1, 0.15) is 0 Å². The third kappa shape index (κ3) is 4.78. The first-order valence-corrected chi connectivity index (χ1v) is 6.79. The van der Waals surface area contributed by atoms with Crippen molar-refractivity contribution in [1.82, 2.24) is 10.2 Å². The predicted octanol–water partition coefficient (Wildman–Crippen LogP) is 1.90. The summed E-state index contributed by atoms with van der Waals surface area (Å²) in [6.45, 7) is 12.5. The van der Waals surface area contributed by atoms with Gasteiger partial charge in [-0.3, -0.25) is 4.90 Å². The predicted molar refractivity (Wildman–Crippen MR) is 73.3 cm³/mol. The normalized spacial score (nSPS) is 19.5. The number of rotatable bonds is 8. The Morgan fingerprint density at radius 2 is 2.12 bits per heavy atom. The lowest BCUT2D eigenvalue weighted by Gasteiger charge is -2.40. The number of nitrogens with zero attached hydrogens (tertiary/aromatic N) is 1. The van der Waals surface area contributed by atoms with Gasteiger partial charge in [-0.1, -0.05) is 13.0 Å². The molecule has 0 aromatic heterocycles. The Morgan fingerprint density at radius 1 is 1.41 bits per heavy atom. The van der Waals surface area contributed by atoms with Crippen LogP contribution in [0.4, 0.5) is 0 Å². The highest BCUT2D eigenvalue weighted by Gasteiger charge is 2.31. The summed E-state index contributed by atoms with van der Waals surface area (Å²) in [5.41, 5.74) is 0.502. The first-order valence-electron chi connectivity index (χ1n) is 6.79. The summed E-state index contributed by atoms with van der Waals surface area (Å²) in [5.74, 6) is 0. The molecule has 1 saturated heterocycles. The minimum atomic E-state index is 0.502. The maximum atomic E-state index is 5.19. The molecule has 0 unspecified atom stereocenters. The van der Waals surface area contributed by atoms with Crippen LogP contribution in [0.1, 0.15) is 26.2 Å². The van der Waals surface area contributed by atoms with E-state index in [0.29, 0.717) is 5.41 Å². The van der Waals surface area contributed by atoms with E-state index in [1.807, 2.05) is 6.08 Å². The third-order valence-corrected chi connectivity index (χ3v) is 3.97. The Morgan fingerprint density at radius 3 is 2.65 bits per heavy atom. The van der Waals surface area contributed by atoms with Gasteiger partial charge in [-0.2, -0.15) is 0 Å². The van der Waals surface area contributed by atoms with E-state index in [-0.39, 0.29) is 0 Å². The van der Waals surface area contributed by atoms with E-state index < -0.39 is 0 Å². The van der Waals surface area contributed by atoms with Gasteiger partial charge in [-0.15, -0.1) is 6.58 Å². The van der Waals surface area contributed by atoms with Gasteiger partial charge in [0.25, 0.3) is 0 Å². The monoisotopic (exact) mass is 240 g/mol. The minimum absolute atomic E-state index is 0.502. The van der Waals surface area contributed by atoms with Gasteiger partial charge in [-0.25, -0.2) is 0 Å². The van der Waals surface area contributed by atoms with Crippen LogP contribution in [-0.2, 0) is 4.74 Å². The topological polar surface area (TPSA) is 24.5 Å². The van der Waals surface area contributed by atoms with Crippen molar-refractivity contribution in [3.05, 3.63) is 12.7 Å². The van der Waals surface area contributed by atoms with Crippen molar-refractivity contribution in [2.75, 3.05) is 46.4 Å². The fourth-order valence-corrected chi connectivity index (χ4v) is 2.69. The van der Waals surface area contributed by atoms with Gasteiger partial charge in [0, 0.05) is 26.7 Å². The number of nitrogens with one attached hydrogen (secondary N) is 1. The van der Waals surface area contributed by atoms with Crippen LogP contribution >= 0.6 is 0 Å². The highest BCUT2D eigenvalue weighted by Crippen LogP contribution is 2.33. The van der Waals surface area contributed by atoms with E-state index in [4.69, 9.17) is 4.74 Å². The van der Waals surface area contributed by atoms with Crippen LogP contribution in [0.2, 0.25) is 0 Å². The van der Waals surface area contributed by atoms with Crippen LogP contribution in [0, 0.1) is 5.41 Å². The van der Waals surface area contributed by atoms with E-state index in [2.05, 4.69) is 23.7 Å². The summed E-state index contributed by atoms with van der Waals surface area (Å²) in [5, 5.41) is 3.46. The van der Waals surface area contributed by atoms with Crippen LogP contribution < -0.4 is 5.32 Å². The number of methoxy groups -OCH3 is 1. The van der Waals surface area contributed by atoms with Crippen molar-refractivity contribution >= 4 is 0 Å². The summed E-state index contributed by atoms with van der Waals surface area (Å²) >= 11 is 0. The zero-order chi connectivity index (χ0) is 12.6. The zero-order valence-electron chi connectivity index (χ0n) is 11.5. The fraction of sp³-hybridized carbons (Fsp3) is 0.857. The Hall–Kier alpha value is -0.380. The molecule has 3 heteroatoms. The van der Waals surface area contributed by atoms with Crippen LogP contribution in [0.5, 0.6) is 0 Å². The maximum Gasteiger partial charge on any atom is 0.0589 e. The van der Waals surface area contributed by atoms with Gasteiger partial charge >= 0.3 is 0 Å². The van der Waals surface area contributed by atoms with Crippen molar-refractivity contribution in [3.8, 4) is 0 Å². The number of hydrogen-bond acceptors (Lipinski definition) is 3. The molecule has 0 amide bonds. The van der Waals surface area contributed by atoms with Crippen molar-refractivity contribution in [2.45, 2.75) is 26.2 Å². The summed E-state index contributed by atoms with van der Waals surface area (Å²) < 4.78 is 5.19.